The molecule has 0 aliphatic heterocycles. The molecule has 0 aliphatic rings. The average molecular weight is 322 g/mol. The number of ether oxygens (including phenoxy) is 1. The third kappa shape index (κ3) is 4.31. The van der Waals surface area contributed by atoms with E-state index in [0.29, 0.717) is 6.54 Å². The fourth-order valence-corrected chi connectivity index (χ4v) is 2.56. The van der Waals surface area contributed by atoms with Crippen molar-refractivity contribution in [2.24, 2.45) is 0 Å². The number of benzene rings is 2. The highest BCUT2D eigenvalue weighted by molar-refractivity contribution is 5.83. The standard InChI is InChI=1S/C20H22N2O2/c1-15(20-8-4-5-11-21-20)22-13-18(23)14-24-19-10-9-16-6-2-3-7-17(16)12-19/h2-12,15,18,22-23H,13-14H2,1H3/t15-,18-/m1/s1. The predicted octanol–water partition coefficient (Wildman–Crippen LogP) is 3.33. The average Bonchev–Trinajstić information content (AvgIpc) is 2.65. The number of hydrogen-bond acceptors (Lipinski definition) is 4. The number of aliphatic hydroxyl groups excluding tert-OH is 1. The molecule has 2 N–H and O–H groups in total. The maximum Gasteiger partial charge on any atom is 0.120 e. The maximum atomic E-state index is 10.1. The molecule has 1 heterocycles. The van der Waals surface area contributed by atoms with Gasteiger partial charge < -0.3 is 15.2 Å². The summed E-state index contributed by atoms with van der Waals surface area (Å²) in [6, 6.07) is 20.0. The molecular formula is C20H22N2O2. The summed E-state index contributed by atoms with van der Waals surface area (Å²) in [5, 5.41) is 15.7. The summed E-state index contributed by atoms with van der Waals surface area (Å²) in [6.07, 6.45) is 1.19. The van der Waals surface area contributed by atoms with Crippen LogP contribution in [0.3, 0.4) is 0 Å². The lowest BCUT2D eigenvalue weighted by molar-refractivity contribution is 0.104. The molecule has 1 aromatic heterocycles. The van der Waals surface area contributed by atoms with E-state index in [0.717, 1.165) is 16.8 Å². The van der Waals surface area contributed by atoms with Crippen molar-refractivity contribution >= 4 is 10.8 Å². The van der Waals surface area contributed by atoms with Gasteiger partial charge in [-0.2, -0.15) is 0 Å². The van der Waals surface area contributed by atoms with E-state index in [-0.39, 0.29) is 12.6 Å². The number of pyridine rings is 1. The minimum absolute atomic E-state index is 0.0847. The van der Waals surface area contributed by atoms with Crippen LogP contribution in [0.2, 0.25) is 0 Å². The third-order valence-electron chi connectivity index (χ3n) is 3.95. The second-order valence-corrected chi connectivity index (χ2v) is 5.86. The molecule has 0 spiro atoms. The van der Waals surface area contributed by atoms with Crippen molar-refractivity contribution in [3.63, 3.8) is 0 Å². The third-order valence-corrected chi connectivity index (χ3v) is 3.95. The Hall–Kier alpha value is -2.43. The summed E-state index contributed by atoms with van der Waals surface area (Å²) >= 11 is 0. The van der Waals surface area contributed by atoms with Crippen LogP contribution in [0.5, 0.6) is 5.75 Å². The molecular weight excluding hydrogens is 300 g/mol. The molecule has 2 atom stereocenters. The quantitative estimate of drug-likeness (QED) is 0.700. The highest BCUT2D eigenvalue weighted by atomic mass is 16.5. The minimum atomic E-state index is -0.581. The minimum Gasteiger partial charge on any atom is -0.491 e. The van der Waals surface area contributed by atoms with Crippen LogP contribution in [0.25, 0.3) is 10.8 Å². The molecule has 3 rings (SSSR count). The lowest BCUT2D eigenvalue weighted by Crippen LogP contribution is -2.33. The summed E-state index contributed by atoms with van der Waals surface area (Å²) < 4.78 is 5.71. The van der Waals surface area contributed by atoms with Gasteiger partial charge in [0.05, 0.1) is 5.69 Å². The normalized spacial score (nSPS) is 13.6. The molecule has 0 amide bonds. The Morgan fingerprint density at radius 2 is 1.83 bits per heavy atom. The van der Waals surface area contributed by atoms with Crippen molar-refractivity contribution in [2.45, 2.75) is 19.1 Å². The van der Waals surface area contributed by atoms with Crippen LogP contribution in [0.1, 0.15) is 18.7 Å². The van der Waals surface area contributed by atoms with Crippen molar-refractivity contribution in [3.05, 3.63) is 72.6 Å². The Bertz CT molecular complexity index is 777. The van der Waals surface area contributed by atoms with Crippen LogP contribution >= 0.6 is 0 Å². The Morgan fingerprint density at radius 1 is 1.04 bits per heavy atom. The fraction of sp³-hybridized carbons (Fsp3) is 0.250. The Labute approximate surface area is 142 Å². The fourth-order valence-electron chi connectivity index (χ4n) is 2.56. The molecule has 4 nitrogen and oxygen atoms in total. The van der Waals surface area contributed by atoms with Crippen molar-refractivity contribution in [2.75, 3.05) is 13.2 Å². The number of aromatic nitrogens is 1. The molecule has 2 aromatic carbocycles. The van der Waals surface area contributed by atoms with Gasteiger partial charge in [-0.05, 0) is 42.0 Å². The monoisotopic (exact) mass is 322 g/mol. The second kappa shape index (κ2) is 7.90. The highest BCUT2D eigenvalue weighted by Crippen LogP contribution is 2.20. The highest BCUT2D eigenvalue weighted by Gasteiger charge is 2.10. The summed E-state index contributed by atoms with van der Waals surface area (Å²) in [4.78, 5) is 4.30. The first kappa shape index (κ1) is 16.4. The smallest absolute Gasteiger partial charge is 0.120 e. The maximum absolute atomic E-state index is 10.1. The topological polar surface area (TPSA) is 54.4 Å². The van der Waals surface area contributed by atoms with E-state index in [4.69, 9.17) is 4.74 Å². The largest absolute Gasteiger partial charge is 0.491 e. The predicted molar refractivity (Wildman–Crippen MR) is 96.1 cm³/mol. The van der Waals surface area contributed by atoms with Gasteiger partial charge in [0.1, 0.15) is 18.5 Å². The first-order valence-electron chi connectivity index (χ1n) is 8.16. The zero-order valence-electron chi connectivity index (χ0n) is 13.7. The lowest BCUT2D eigenvalue weighted by Gasteiger charge is -2.17. The van der Waals surface area contributed by atoms with Crippen LogP contribution in [-0.4, -0.2) is 29.3 Å². The molecule has 0 aliphatic carbocycles. The summed E-state index contributed by atoms with van der Waals surface area (Å²) in [5.74, 6) is 0.769. The van der Waals surface area contributed by atoms with E-state index in [1.54, 1.807) is 6.20 Å². The number of aliphatic hydroxyl groups is 1. The zero-order valence-corrected chi connectivity index (χ0v) is 13.7. The Balaban J connectivity index is 1.48. The molecule has 0 bridgehead atoms. The summed E-state index contributed by atoms with van der Waals surface area (Å²) in [5.41, 5.74) is 0.958. The molecule has 124 valence electrons. The molecule has 0 fully saturated rings. The van der Waals surface area contributed by atoms with Crippen molar-refractivity contribution in [1.29, 1.82) is 0 Å². The first-order valence-corrected chi connectivity index (χ1v) is 8.16. The number of nitrogens with one attached hydrogen (secondary N) is 1. The van der Waals surface area contributed by atoms with Crippen molar-refractivity contribution in [3.8, 4) is 5.75 Å². The van der Waals surface area contributed by atoms with Gasteiger partial charge in [0.25, 0.3) is 0 Å². The molecule has 0 unspecified atom stereocenters. The van der Waals surface area contributed by atoms with Gasteiger partial charge in [0, 0.05) is 18.8 Å². The Morgan fingerprint density at radius 3 is 2.62 bits per heavy atom. The molecule has 0 saturated heterocycles. The van der Waals surface area contributed by atoms with E-state index in [1.165, 1.54) is 5.39 Å². The lowest BCUT2D eigenvalue weighted by atomic mass is 10.1. The molecule has 24 heavy (non-hydrogen) atoms. The number of hydrogen-bond donors (Lipinski definition) is 2. The zero-order chi connectivity index (χ0) is 16.8. The second-order valence-electron chi connectivity index (χ2n) is 5.86. The van der Waals surface area contributed by atoms with Gasteiger partial charge in [-0.1, -0.05) is 36.4 Å². The van der Waals surface area contributed by atoms with Crippen LogP contribution in [-0.2, 0) is 0 Å². The van der Waals surface area contributed by atoms with Gasteiger partial charge in [0.15, 0.2) is 0 Å². The number of rotatable bonds is 7. The molecule has 3 aromatic rings. The van der Waals surface area contributed by atoms with E-state index < -0.39 is 6.10 Å². The summed E-state index contributed by atoms with van der Waals surface area (Å²) in [6.45, 7) is 2.73. The van der Waals surface area contributed by atoms with E-state index in [2.05, 4.69) is 22.4 Å². The van der Waals surface area contributed by atoms with Gasteiger partial charge >= 0.3 is 0 Å². The number of fused-ring (bicyclic) bond motifs is 1. The van der Waals surface area contributed by atoms with Crippen LogP contribution in [0, 0.1) is 0 Å². The SMILES string of the molecule is C[C@@H](NC[C@@H](O)COc1ccc2ccccc2c1)c1ccccn1. The van der Waals surface area contributed by atoms with Crippen molar-refractivity contribution < 1.29 is 9.84 Å². The van der Waals surface area contributed by atoms with Gasteiger partial charge in [-0.25, -0.2) is 0 Å². The van der Waals surface area contributed by atoms with Gasteiger partial charge in [0.2, 0.25) is 0 Å². The van der Waals surface area contributed by atoms with Crippen LogP contribution in [0.4, 0.5) is 0 Å². The molecule has 0 radical (unpaired) electrons. The number of nitrogens with zero attached hydrogens (tertiary/aromatic N) is 1. The van der Waals surface area contributed by atoms with E-state index in [9.17, 15) is 5.11 Å². The van der Waals surface area contributed by atoms with Crippen LogP contribution < -0.4 is 10.1 Å². The van der Waals surface area contributed by atoms with Crippen LogP contribution in [0.15, 0.2) is 66.9 Å². The first-order chi connectivity index (χ1) is 11.7. The molecule has 4 heteroatoms. The van der Waals surface area contributed by atoms with Crippen molar-refractivity contribution in [1.82, 2.24) is 10.3 Å². The van der Waals surface area contributed by atoms with E-state index >= 15 is 0 Å². The van der Waals surface area contributed by atoms with Gasteiger partial charge in [-0.3, -0.25) is 4.98 Å². The van der Waals surface area contributed by atoms with E-state index in [1.807, 2.05) is 55.5 Å². The summed E-state index contributed by atoms with van der Waals surface area (Å²) in [7, 11) is 0. The molecule has 0 saturated carbocycles. The Kier molecular flexibility index (Phi) is 5.41. The van der Waals surface area contributed by atoms with Gasteiger partial charge in [-0.15, -0.1) is 0 Å².